The van der Waals surface area contributed by atoms with Gasteiger partial charge in [-0.15, -0.1) is 0 Å². The Hall–Kier alpha value is -1.90. The zero-order valence-corrected chi connectivity index (χ0v) is 6.58. The molecule has 1 aromatic rings. The molecule has 0 saturated carbocycles. The minimum absolute atomic E-state index is 0.0725. The van der Waals surface area contributed by atoms with Gasteiger partial charge in [0.05, 0.1) is 18.7 Å². The number of nitrogens with one attached hydrogen (secondary N) is 1. The Balaban J connectivity index is 3.11. The maximum absolute atomic E-state index is 12.6. The van der Waals surface area contributed by atoms with Crippen molar-refractivity contribution in [3.8, 4) is 6.07 Å². The van der Waals surface area contributed by atoms with Crippen LogP contribution in [0, 0.1) is 17.1 Å². The van der Waals surface area contributed by atoms with Crippen molar-refractivity contribution >= 4 is 0 Å². The normalized spacial score (nSPS) is 9.54. The summed E-state index contributed by atoms with van der Waals surface area (Å²) in [6.45, 7) is 0.0725. The van der Waals surface area contributed by atoms with Crippen LogP contribution in [-0.4, -0.2) is 9.55 Å². The maximum atomic E-state index is 12.6. The van der Waals surface area contributed by atoms with Crippen LogP contribution in [0.25, 0.3) is 0 Å². The zero-order valence-electron chi connectivity index (χ0n) is 6.58. The van der Waals surface area contributed by atoms with Gasteiger partial charge in [0.2, 0.25) is 5.82 Å². The minimum Gasteiger partial charge on any atom is -0.297 e. The van der Waals surface area contributed by atoms with Gasteiger partial charge in [0, 0.05) is 6.54 Å². The van der Waals surface area contributed by atoms with Gasteiger partial charge in [0.25, 0.3) is 5.56 Å². The standard InChI is InChI=1S/C7H6FN3O2/c8-5-4-11(3-1-2-9)7(13)10-6(5)12/h4H,1,3H2,(H,10,12,13). The molecule has 0 bridgehead atoms. The van der Waals surface area contributed by atoms with Gasteiger partial charge in [0.15, 0.2) is 0 Å². The van der Waals surface area contributed by atoms with Gasteiger partial charge in [-0.3, -0.25) is 14.3 Å². The second-order valence-corrected chi connectivity index (χ2v) is 2.34. The molecule has 6 heteroatoms. The van der Waals surface area contributed by atoms with Crippen molar-refractivity contribution in [1.82, 2.24) is 9.55 Å². The molecule has 0 saturated heterocycles. The van der Waals surface area contributed by atoms with Gasteiger partial charge >= 0.3 is 5.69 Å². The van der Waals surface area contributed by atoms with Gasteiger partial charge < -0.3 is 0 Å². The van der Waals surface area contributed by atoms with Crippen molar-refractivity contribution in [3.63, 3.8) is 0 Å². The monoisotopic (exact) mass is 183 g/mol. The highest BCUT2D eigenvalue weighted by Crippen LogP contribution is 1.86. The smallest absolute Gasteiger partial charge is 0.297 e. The highest BCUT2D eigenvalue weighted by atomic mass is 19.1. The SMILES string of the molecule is N#CCCn1cc(F)c(=O)[nH]c1=O. The van der Waals surface area contributed by atoms with Crippen LogP contribution < -0.4 is 11.2 Å². The van der Waals surface area contributed by atoms with Crippen molar-refractivity contribution in [3.05, 3.63) is 32.9 Å². The molecular weight excluding hydrogens is 177 g/mol. The molecule has 0 aliphatic carbocycles. The van der Waals surface area contributed by atoms with E-state index in [9.17, 15) is 14.0 Å². The quantitative estimate of drug-likeness (QED) is 0.676. The third-order valence-electron chi connectivity index (χ3n) is 1.43. The Labute approximate surface area is 72.1 Å². The molecule has 1 N–H and O–H groups in total. The lowest BCUT2D eigenvalue weighted by Gasteiger charge is -1.99. The first-order chi connectivity index (χ1) is 6.15. The van der Waals surface area contributed by atoms with E-state index in [2.05, 4.69) is 0 Å². The summed E-state index contributed by atoms with van der Waals surface area (Å²) in [5.41, 5.74) is -1.75. The van der Waals surface area contributed by atoms with Crippen molar-refractivity contribution < 1.29 is 4.39 Å². The Morgan fingerprint density at radius 1 is 1.62 bits per heavy atom. The van der Waals surface area contributed by atoms with Gasteiger partial charge in [-0.1, -0.05) is 0 Å². The van der Waals surface area contributed by atoms with Gasteiger partial charge in [-0.05, 0) is 0 Å². The number of nitriles is 1. The van der Waals surface area contributed by atoms with Crippen LogP contribution in [0.3, 0.4) is 0 Å². The summed E-state index contributed by atoms with van der Waals surface area (Å²) in [6.07, 6.45) is 0.879. The predicted molar refractivity (Wildman–Crippen MR) is 41.5 cm³/mol. The summed E-state index contributed by atoms with van der Waals surface area (Å²) in [7, 11) is 0. The van der Waals surface area contributed by atoms with E-state index >= 15 is 0 Å². The minimum atomic E-state index is -1.04. The fraction of sp³-hybridized carbons (Fsp3) is 0.286. The number of nitrogens with zero attached hydrogens (tertiary/aromatic N) is 2. The topological polar surface area (TPSA) is 78.7 Å². The van der Waals surface area contributed by atoms with Crippen molar-refractivity contribution in [2.24, 2.45) is 0 Å². The summed E-state index contributed by atoms with van der Waals surface area (Å²) in [4.78, 5) is 23.3. The van der Waals surface area contributed by atoms with E-state index in [0.717, 1.165) is 10.8 Å². The van der Waals surface area contributed by atoms with Crippen molar-refractivity contribution in [2.75, 3.05) is 0 Å². The molecule has 0 aliphatic heterocycles. The molecular formula is C7H6FN3O2. The Morgan fingerprint density at radius 3 is 2.92 bits per heavy atom. The number of aromatic amines is 1. The third-order valence-corrected chi connectivity index (χ3v) is 1.43. The van der Waals surface area contributed by atoms with Crippen molar-refractivity contribution in [1.29, 1.82) is 5.26 Å². The van der Waals surface area contributed by atoms with Crippen LogP contribution in [0.5, 0.6) is 0 Å². The molecule has 5 nitrogen and oxygen atoms in total. The average molecular weight is 183 g/mol. The summed E-state index contributed by atoms with van der Waals surface area (Å²) in [5, 5.41) is 8.21. The highest BCUT2D eigenvalue weighted by Gasteiger charge is 2.02. The summed E-state index contributed by atoms with van der Waals surface area (Å²) < 4.78 is 13.5. The molecule has 68 valence electrons. The number of aromatic nitrogens is 2. The molecule has 1 rings (SSSR count). The predicted octanol–water partition coefficient (Wildman–Crippen LogP) is -0.411. The molecule has 0 spiro atoms. The number of halogens is 1. The first kappa shape index (κ1) is 9.19. The molecule has 1 aromatic heterocycles. The number of rotatable bonds is 2. The zero-order chi connectivity index (χ0) is 9.84. The summed E-state index contributed by atoms with van der Waals surface area (Å²) in [6, 6.07) is 1.80. The van der Waals surface area contributed by atoms with Crippen LogP contribution in [-0.2, 0) is 6.54 Å². The van der Waals surface area contributed by atoms with E-state index in [0.29, 0.717) is 0 Å². The first-order valence-electron chi connectivity index (χ1n) is 3.51. The number of hydrogen-bond donors (Lipinski definition) is 1. The Morgan fingerprint density at radius 2 is 2.31 bits per heavy atom. The van der Waals surface area contributed by atoms with Crippen LogP contribution in [0.2, 0.25) is 0 Å². The van der Waals surface area contributed by atoms with Gasteiger partial charge in [-0.25, -0.2) is 4.79 Å². The van der Waals surface area contributed by atoms with Crippen LogP contribution in [0.15, 0.2) is 15.8 Å². The van der Waals surface area contributed by atoms with Crippen LogP contribution >= 0.6 is 0 Å². The fourth-order valence-corrected chi connectivity index (χ4v) is 0.819. The van der Waals surface area contributed by atoms with E-state index in [1.165, 1.54) is 0 Å². The molecule has 0 aromatic carbocycles. The molecule has 1 heterocycles. The highest BCUT2D eigenvalue weighted by molar-refractivity contribution is 4.87. The first-order valence-corrected chi connectivity index (χ1v) is 3.51. The van der Waals surface area contributed by atoms with Crippen LogP contribution in [0.1, 0.15) is 6.42 Å². The third kappa shape index (κ3) is 2.02. The van der Waals surface area contributed by atoms with E-state index in [1.807, 2.05) is 0 Å². The average Bonchev–Trinajstić information content (AvgIpc) is 2.09. The van der Waals surface area contributed by atoms with Gasteiger partial charge in [0.1, 0.15) is 0 Å². The molecule has 0 atom stereocenters. The number of H-pyrrole nitrogens is 1. The Bertz CT molecular complexity index is 454. The molecule has 13 heavy (non-hydrogen) atoms. The molecule has 0 aliphatic rings. The molecule has 0 fully saturated rings. The molecule has 0 radical (unpaired) electrons. The van der Waals surface area contributed by atoms with E-state index in [1.54, 1.807) is 11.1 Å². The summed E-state index contributed by atoms with van der Waals surface area (Å²) in [5.74, 6) is -1.03. The Kier molecular flexibility index (Phi) is 2.59. The lowest BCUT2D eigenvalue weighted by Crippen LogP contribution is -2.31. The number of hydrogen-bond acceptors (Lipinski definition) is 3. The summed E-state index contributed by atoms with van der Waals surface area (Å²) >= 11 is 0. The molecule has 0 unspecified atom stereocenters. The van der Waals surface area contributed by atoms with Crippen molar-refractivity contribution in [2.45, 2.75) is 13.0 Å². The molecule has 0 amide bonds. The van der Waals surface area contributed by atoms with Gasteiger partial charge in [-0.2, -0.15) is 9.65 Å². The number of aryl methyl sites for hydroxylation is 1. The van der Waals surface area contributed by atoms with E-state index in [4.69, 9.17) is 5.26 Å². The largest absolute Gasteiger partial charge is 0.328 e. The second kappa shape index (κ2) is 3.67. The lowest BCUT2D eigenvalue weighted by atomic mass is 10.4. The van der Waals surface area contributed by atoms with E-state index < -0.39 is 17.1 Å². The maximum Gasteiger partial charge on any atom is 0.328 e. The second-order valence-electron chi connectivity index (χ2n) is 2.34. The lowest BCUT2D eigenvalue weighted by molar-refractivity contribution is 0.553. The van der Waals surface area contributed by atoms with E-state index in [-0.39, 0.29) is 13.0 Å². The fourth-order valence-electron chi connectivity index (χ4n) is 0.819. The van der Waals surface area contributed by atoms with Crippen LogP contribution in [0.4, 0.5) is 4.39 Å².